The van der Waals surface area contributed by atoms with Gasteiger partial charge < -0.3 is 10.2 Å². The van der Waals surface area contributed by atoms with Crippen molar-refractivity contribution in [1.29, 1.82) is 0 Å². The van der Waals surface area contributed by atoms with E-state index in [4.69, 9.17) is 0 Å². The molecule has 0 aliphatic rings. The van der Waals surface area contributed by atoms with Gasteiger partial charge in [-0.3, -0.25) is 14.9 Å². The van der Waals surface area contributed by atoms with E-state index < -0.39 is 10.8 Å². The summed E-state index contributed by atoms with van der Waals surface area (Å²) in [7, 11) is 3.67. The Labute approximate surface area is 155 Å². The molecule has 1 unspecified atom stereocenters. The Morgan fingerprint density at radius 2 is 2.04 bits per heavy atom. The molecule has 6 nitrogen and oxygen atoms in total. The molecule has 0 bridgehead atoms. The van der Waals surface area contributed by atoms with Crippen LogP contribution in [0.2, 0.25) is 0 Å². The molecule has 2 aromatic rings. The number of hydrogen-bond donors (Lipinski definition) is 1. The quantitative estimate of drug-likeness (QED) is 0.454. The third kappa shape index (κ3) is 4.80. The average Bonchev–Trinajstić information content (AvgIpc) is 2.60. The number of nitrogens with zero attached hydrogens (tertiary/aromatic N) is 2. The van der Waals surface area contributed by atoms with E-state index in [-0.39, 0.29) is 29.7 Å². The van der Waals surface area contributed by atoms with Crippen LogP contribution in [0, 0.1) is 15.9 Å². The van der Waals surface area contributed by atoms with Crippen LogP contribution in [0.15, 0.2) is 47.4 Å². The molecule has 2 aromatic carbocycles. The van der Waals surface area contributed by atoms with Gasteiger partial charge in [-0.1, -0.05) is 12.1 Å². The summed E-state index contributed by atoms with van der Waals surface area (Å²) in [5.41, 5.74) is 0.852. The summed E-state index contributed by atoms with van der Waals surface area (Å²) in [5.74, 6) is -0.757. The highest BCUT2D eigenvalue weighted by Gasteiger charge is 2.19. The molecule has 0 saturated carbocycles. The maximum atomic E-state index is 13.5. The lowest BCUT2D eigenvalue weighted by Crippen LogP contribution is -2.34. The number of thioether (sulfide) groups is 1. The van der Waals surface area contributed by atoms with Gasteiger partial charge in [0.15, 0.2) is 0 Å². The van der Waals surface area contributed by atoms with Crippen LogP contribution < -0.4 is 5.32 Å². The van der Waals surface area contributed by atoms with Crippen LogP contribution in [0.4, 0.5) is 10.1 Å². The highest BCUT2D eigenvalue weighted by molar-refractivity contribution is 7.98. The van der Waals surface area contributed by atoms with Gasteiger partial charge in [0.05, 0.1) is 15.9 Å². The topological polar surface area (TPSA) is 75.5 Å². The van der Waals surface area contributed by atoms with E-state index in [1.807, 2.05) is 19.0 Å². The van der Waals surface area contributed by atoms with Crippen molar-refractivity contribution in [2.75, 3.05) is 26.9 Å². The van der Waals surface area contributed by atoms with Gasteiger partial charge >= 0.3 is 0 Å². The zero-order valence-electron chi connectivity index (χ0n) is 14.7. The minimum Gasteiger partial charge on any atom is -0.350 e. The molecule has 1 amide bonds. The molecule has 26 heavy (non-hydrogen) atoms. The van der Waals surface area contributed by atoms with Crippen molar-refractivity contribution in [3.63, 3.8) is 0 Å². The number of likely N-dealkylation sites (N-methyl/N-ethyl adjacent to an activating group) is 1. The number of benzene rings is 2. The van der Waals surface area contributed by atoms with E-state index in [0.717, 1.165) is 5.56 Å². The number of hydrogen-bond acceptors (Lipinski definition) is 5. The maximum absolute atomic E-state index is 13.5. The first-order valence-corrected chi connectivity index (χ1v) is 9.08. The first kappa shape index (κ1) is 19.9. The minimum atomic E-state index is -0.502. The molecule has 0 aliphatic carbocycles. The van der Waals surface area contributed by atoms with Gasteiger partial charge in [0.1, 0.15) is 5.82 Å². The van der Waals surface area contributed by atoms with Gasteiger partial charge in [-0.15, -0.1) is 11.8 Å². The van der Waals surface area contributed by atoms with E-state index in [2.05, 4.69) is 5.32 Å². The summed E-state index contributed by atoms with van der Waals surface area (Å²) in [6.45, 7) is 0.243. The van der Waals surface area contributed by atoms with Crippen molar-refractivity contribution in [1.82, 2.24) is 10.2 Å². The molecule has 0 radical (unpaired) electrons. The van der Waals surface area contributed by atoms with E-state index in [1.54, 1.807) is 30.5 Å². The smallest absolute Gasteiger partial charge is 0.283 e. The first-order valence-electron chi connectivity index (χ1n) is 7.86. The monoisotopic (exact) mass is 377 g/mol. The summed E-state index contributed by atoms with van der Waals surface area (Å²) >= 11 is 1.25. The van der Waals surface area contributed by atoms with Crippen LogP contribution in [0.25, 0.3) is 0 Å². The summed E-state index contributed by atoms with van der Waals surface area (Å²) in [5, 5.41) is 13.9. The largest absolute Gasteiger partial charge is 0.350 e. The van der Waals surface area contributed by atoms with E-state index in [0.29, 0.717) is 4.90 Å². The van der Waals surface area contributed by atoms with E-state index in [1.165, 1.54) is 30.0 Å². The average molecular weight is 377 g/mol. The van der Waals surface area contributed by atoms with Crippen molar-refractivity contribution in [3.8, 4) is 0 Å². The second kappa shape index (κ2) is 8.77. The second-order valence-corrected chi connectivity index (χ2v) is 6.74. The predicted molar refractivity (Wildman–Crippen MR) is 100 cm³/mol. The van der Waals surface area contributed by atoms with E-state index >= 15 is 0 Å². The Bertz CT molecular complexity index is 814. The predicted octanol–water partition coefficient (Wildman–Crippen LogP) is 3.49. The Morgan fingerprint density at radius 3 is 2.62 bits per heavy atom. The van der Waals surface area contributed by atoms with Gasteiger partial charge in [-0.05, 0) is 50.2 Å². The van der Waals surface area contributed by atoms with Crippen molar-refractivity contribution < 1.29 is 14.1 Å². The fourth-order valence-electron chi connectivity index (χ4n) is 2.58. The van der Waals surface area contributed by atoms with Crippen LogP contribution in [-0.2, 0) is 0 Å². The highest BCUT2D eigenvalue weighted by Crippen LogP contribution is 2.28. The number of nitro groups is 1. The molecular weight excluding hydrogens is 357 g/mol. The van der Waals surface area contributed by atoms with Crippen molar-refractivity contribution in [2.24, 2.45) is 0 Å². The Kier molecular flexibility index (Phi) is 6.70. The number of nitrogens with one attached hydrogen (secondary N) is 1. The molecular formula is C18H20FN3O3S. The summed E-state index contributed by atoms with van der Waals surface area (Å²) in [4.78, 5) is 25.4. The van der Waals surface area contributed by atoms with Crippen LogP contribution >= 0.6 is 11.8 Å². The number of nitro benzene ring substituents is 1. The van der Waals surface area contributed by atoms with Crippen LogP contribution in [0.5, 0.6) is 0 Å². The van der Waals surface area contributed by atoms with Gasteiger partial charge in [0, 0.05) is 18.2 Å². The normalized spacial score (nSPS) is 12.0. The van der Waals surface area contributed by atoms with Gasteiger partial charge in [-0.2, -0.15) is 0 Å². The maximum Gasteiger partial charge on any atom is 0.283 e. The molecule has 0 aliphatic heterocycles. The van der Waals surface area contributed by atoms with E-state index in [9.17, 15) is 19.3 Å². The third-order valence-corrected chi connectivity index (χ3v) is 4.74. The van der Waals surface area contributed by atoms with Crippen LogP contribution in [0.3, 0.4) is 0 Å². The van der Waals surface area contributed by atoms with Crippen LogP contribution in [-0.4, -0.2) is 42.6 Å². The lowest BCUT2D eigenvalue weighted by Gasteiger charge is -2.25. The molecule has 138 valence electrons. The molecule has 0 heterocycles. The van der Waals surface area contributed by atoms with Crippen LogP contribution in [0.1, 0.15) is 22.0 Å². The Hall–Kier alpha value is -2.45. The van der Waals surface area contributed by atoms with Crippen molar-refractivity contribution in [2.45, 2.75) is 10.9 Å². The molecule has 0 aromatic heterocycles. The number of carbonyl (C=O) groups excluding carboxylic acids is 1. The molecule has 0 fully saturated rings. The number of rotatable bonds is 7. The lowest BCUT2D eigenvalue weighted by atomic mass is 10.1. The summed E-state index contributed by atoms with van der Waals surface area (Å²) < 4.78 is 13.5. The standard InChI is InChI=1S/C18H20FN3O3S/c1-21(2)16(12-5-4-6-14(19)9-12)11-20-18(23)13-7-8-17(26-3)15(10-13)22(24)25/h4-10,16H,11H2,1-3H3,(H,20,23). The lowest BCUT2D eigenvalue weighted by molar-refractivity contribution is -0.387. The SMILES string of the molecule is CSc1ccc(C(=O)NCC(c2cccc(F)c2)N(C)C)cc1[N+](=O)[O-]. The van der Waals surface area contributed by atoms with Gasteiger partial charge in [0.2, 0.25) is 0 Å². The van der Waals surface area contributed by atoms with Gasteiger partial charge in [-0.25, -0.2) is 4.39 Å². The highest BCUT2D eigenvalue weighted by atomic mass is 32.2. The summed E-state index contributed by atoms with van der Waals surface area (Å²) in [6.07, 6.45) is 1.74. The van der Waals surface area contributed by atoms with Gasteiger partial charge in [0.25, 0.3) is 11.6 Å². The molecule has 0 saturated heterocycles. The molecule has 2 rings (SSSR count). The molecule has 1 atom stereocenters. The second-order valence-electron chi connectivity index (χ2n) is 5.89. The van der Waals surface area contributed by atoms with Crippen molar-refractivity contribution in [3.05, 3.63) is 69.5 Å². The fraction of sp³-hybridized carbons (Fsp3) is 0.278. The Morgan fingerprint density at radius 1 is 1.31 bits per heavy atom. The fourth-order valence-corrected chi connectivity index (χ4v) is 3.12. The number of halogens is 1. The number of carbonyl (C=O) groups is 1. The third-order valence-electron chi connectivity index (χ3n) is 3.95. The molecule has 0 spiro atoms. The molecule has 1 N–H and O–H groups in total. The minimum absolute atomic E-state index is 0.0977. The zero-order chi connectivity index (χ0) is 19.3. The molecule has 8 heteroatoms. The van der Waals surface area contributed by atoms with Crippen molar-refractivity contribution >= 4 is 23.4 Å². The summed E-state index contributed by atoms with van der Waals surface area (Å²) in [6, 6.07) is 10.4. The zero-order valence-corrected chi connectivity index (χ0v) is 15.5. The number of amides is 1. The first-order chi connectivity index (χ1) is 12.3. The Balaban J connectivity index is 2.16.